The Morgan fingerprint density at radius 2 is 2.00 bits per heavy atom. The molecular weight excluding hydrogens is 239 g/mol. The minimum atomic E-state index is -0.393. The normalized spacial score (nSPS) is 8.40. The van der Waals surface area contributed by atoms with Gasteiger partial charge in [0.25, 0.3) is 0 Å². The number of hydrogen-bond acceptors (Lipinski definition) is 4. The lowest BCUT2D eigenvalue weighted by molar-refractivity contribution is 0.0601. The highest BCUT2D eigenvalue weighted by Gasteiger charge is 2.06. The minimum Gasteiger partial charge on any atom is -0.465 e. The van der Waals surface area contributed by atoms with Crippen molar-refractivity contribution in [3.05, 3.63) is 29.3 Å². The molecule has 0 radical (unpaired) electrons. The van der Waals surface area contributed by atoms with Gasteiger partial charge in [0.15, 0.2) is 0 Å². The summed E-state index contributed by atoms with van der Waals surface area (Å²) < 4.78 is 4.54. The van der Waals surface area contributed by atoms with Crippen molar-refractivity contribution in [3.8, 4) is 0 Å². The molecule has 6 heteroatoms. The summed E-state index contributed by atoms with van der Waals surface area (Å²) in [5, 5.41) is 0. The lowest BCUT2D eigenvalue weighted by Gasteiger charge is -2.04. The number of anilines is 1. The number of carbonyl (C=O) groups excluding carboxylic acids is 1. The number of benzene rings is 1. The highest BCUT2D eigenvalue weighted by molar-refractivity contribution is 5.90. The summed E-state index contributed by atoms with van der Waals surface area (Å²) in [4.78, 5) is 11.1. The Morgan fingerprint density at radius 1 is 1.40 bits per heavy atom. The Hall–Kier alpha value is -0.970. The van der Waals surface area contributed by atoms with Gasteiger partial charge in [-0.25, -0.2) is 4.79 Å². The van der Waals surface area contributed by atoms with E-state index in [4.69, 9.17) is 11.5 Å². The molecule has 0 aliphatic carbocycles. The maximum atomic E-state index is 11.1. The van der Waals surface area contributed by atoms with Crippen molar-refractivity contribution >= 4 is 36.5 Å². The number of rotatable bonds is 2. The molecule has 0 heterocycles. The van der Waals surface area contributed by atoms with E-state index in [2.05, 4.69) is 4.74 Å². The number of carbonyl (C=O) groups is 1. The quantitative estimate of drug-likeness (QED) is 0.616. The van der Waals surface area contributed by atoms with E-state index in [9.17, 15) is 4.79 Å². The van der Waals surface area contributed by atoms with Gasteiger partial charge in [-0.2, -0.15) is 0 Å². The number of nitrogens with two attached hydrogens (primary N) is 2. The molecule has 1 aromatic carbocycles. The van der Waals surface area contributed by atoms with Crippen LogP contribution in [0, 0.1) is 0 Å². The van der Waals surface area contributed by atoms with Crippen LogP contribution >= 0.6 is 24.8 Å². The third-order valence-corrected chi connectivity index (χ3v) is 1.79. The molecule has 15 heavy (non-hydrogen) atoms. The molecular formula is C9H14Cl2N2O2. The van der Waals surface area contributed by atoms with Gasteiger partial charge < -0.3 is 16.2 Å². The molecule has 4 nitrogen and oxygen atoms in total. The lowest BCUT2D eigenvalue weighted by atomic mass is 10.1. The number of ether oxygens (including phenoxy) is 1. The van der Waals surface area contributed by atoms with Gasteiger partial charge in [-0.05, 0) is 17.7 Å². The van der Waals surface area contributed by atoms with Gasteiger partial charge in [0.05, 0.1) is 12.7 Å². The summed E-state index contributed by atoms with van der Waals surface area (Å²) in [6.07, 6.45) is 0. The van der Waals surface area contributed by atoms with Crippen LogP contribution in [-0.2, 0) is 11.3 Å². The minimum absolute atomic E-state index is 0. The smallest absolute Gasteiger partial charge is 0.337 e. The first-order valence-electron chi connectivity index (χ1n) is 3.86. The van der Waals surface area contributed by atoms with Crippen LogP contribution in [0.3, 0.4) is 0 Å². The molecule has 0 saturated heterocycles. The van der Waals surface area contributed by atoms with Gasteiger partial charge in [-0.1, -0.05) is 6.07 Å². The van der Waals surface area contributed by atoms with Gasteiger partial charge in [0, 0.05) is 12.2 Å². The Morgan fingerprint density at radius 3 is 2.40 bits per heavy atom. The number of methoxy groups -OCH3 is 1. The molecule has 1 aromatic rings. The Kier molecular flexibility index (Phi) is 8.05. The standard InChI is InChI=1S/C9H12N2O2.2ClH/c1-13-9(12)6-2-3-7(5-10)8(11)4-6;;/h2-4H,5,10-11H2,1H3;2*1H. The number of nitrogen functional groups attached to an aromatic ring is 1. The fourth-order valence-electron chi connectivity index (χ4n) is 1.03. The third-order valence-electron chi connectivity index (χ3n) is 1.79. The summed E-state index contributed by atoms with van der Waals surface area (Å²) in [7, 11) is 1.33. The van der Waals surface area contributed by atoms with Gasteiger partial charge >= 0.3 is 5.97 Å². The van der Waals surface area contributed by atoms with Crippen molar-refractivity contribution in [1.82, 2.24) is 0 Å². The first-order valence-corrected chi connectivity index (χ1v) is 3.86. The van der Waals surface area contributed by atoms with Crippen molar-refractivity contribution in [2.45, 2.75) is 6.54 Å². The van der Waals surface area contributed by atoms with Crippen LogP contribution in [0.5, 0.6) is 0 Å². The Balaban J connectivity index is 0. The largest absolute Gasteiger partial charge is 0.465 e. The van der Waals surface area contributed by atoms with Gasteiger partial charge in [-0.3, -0.25) is 0 Å². The molecule has 0 fully saturated rings. The molecule has 0 saturated carbocycles. The van der Waals surface area contributed by atoms with Crippen LogP contribution in [0.15, 0.2) is 18.2 Å². The highest BCUT2D eigenvalue weighted by Crippen LogP contribution is 2.14. The monoisotopic (exact) mass is 252 g/mol. The summed E-state index contributed by atoms with van der Waals surface area (Å²) in [5.41, 5.74) is 12.8. The molecule has 0 amide bonds. The summed E-state index contributed by atoms with van der Waals surface area (Å²) in [6, 6.07) is 4.93. The average Bonchev–Trinajstić information content (AvgIpc) is 2.16. The second kappa shape index (κ2) is 7.34. The molecule has 1 rings (SSSR count). The zero-order valence-corrected chi connectivity index (χ0v) is 9.86. The van der Waals surface area contributed by atoms with Crippen LogP contribution in [0.2, 0.25) is 0 Å². The third kappa shape index (κ3) is 3.95. The van der Waals surface area contributed by atoms with E-state index in [0.717, 1.165) is 5.56 Å². The molecule has 86 valence electrons. The van der Waals surface area contributed by atoms with Crippen LogP contribution in [0.1, 0.15) is 15.9 Å². The van der Waals surface area contributed by atoms with Gasteiger partial charge in [0.2, 0.25) is 0 Å². The SMILES string of the molecule is COC(=O)c1ccc(CN)c(N)c1.Cl.Cl. The van der Waals surface area contributed by atoms with Crippen LogP contribution in [0.4, 0.5) is 5.69 Å². The maximum absolute atomic E-state index is 11.1. The van der Waals surface area contributed by atoms with Gasteiger partial charge in [-0.15, -0.1) is 24.8 Å². The predicted molar refractivity (Wildman–Crippen MR) is 64.6 cm³/mol. The predicted octanol–water partition coefficient (Wildman–Crippen LogP) is 1.36. The van der Waals surface area contributed by atoms with E-state index in [-0.39, 0.29) is 24.8 Å². The highest BCUT2D eigenvalue weighted by atomic mass is 35.5. The van der Waals surface area contributed by atoms with E-state index in [1.807, 2.05) is 0 Å². The average molecular weight is 253 g/mol. The van der Waals surface area contributed by atoms with E-state index < -0.39 is 5.97 Å². The molecule has 0 aromatic heterocycles. The van der Waals surface area contributed by atoms with Crippen molar-refractivity contribution in [3.63, 3.8) is 0 Å². The first kappa shape index (κ1) is 16.5. The van der Waals surface area contributed by atoms with Crippen LogP contribution in [0.25, 0.3) is 0 Å². The van der Waals surface area contributed by atoms with E-state index in [1.54, 1.807) is 18.2 Å². The zero-order chi connectivity index (χ0) is 9.84. The summed E-state index contributed by atoms with van der Waals surface area (Å²) in [6.45, 7) is 0.368. The van der Waals surface area contributed by atoms with E-state index in [1.165, 1.54) is 7.11 Å². The zero-order valence-electron chi connectivity index (χ0n) is 8.23. The Bertz CT molecular complexity index is 332. The number of esters is 1. The first-order chi connectivity index (χ1) is 6.19. The topological polar surface area (TPSA) is 78.3 Å². The second-order valence-electron chi connectivity index (χ2n) is 2.61. The fraction of sp³-hybridized carbons (Fsp3) is 0.222. The fourth-order valence-corrected chi connectivity index (χ4v) is 1.03. The summed E-state index contributed by atoms with van der Waals surface area (Å²) >= 11 is 0. The van der Waals surface area contributed by atoms with Crippen molar-refractivity contribution in [2.24, 2.45) is 5.73 Å². The van der Waals surface area contributed by atoms with Crippen molar-refractivity contribution in [1.29, 1.82) is 0 Å². The number of halogens is 2. The molecule has 0 atom stereocenters. The second-order valence-corrected chi connectivity index (χ2v) is 2.61. The van der Waals surface area contributed by atoms with Crippen LogP contribution in [-0.4, -0.2) is 13.1 Å². The molecule has 0 spiro atoms. The van der Waals surface area contributed by atoms with Crippen molar-refractivity contribution < 1.29 is 9.53 Å². The van der Waals surface area contributed by atoms with Crippen molar-refractivity contribution in [2.75, 3.05) is 12.8 Å². The molecule has 4 N–H and O–H groups in total. The molecule has 0 bridgehead atoms. The molecule has 0 aliphatic heterocycles. The number of hydrogen-bond donors (Lipinski definition) is 2. The van der Waals surface area contributed by atoms with Gasteiger partial charge in [0.1, 0.15) is 0 Å². The lowest BCUT2D eigenvalue weighted by Crippen LogP contribution is -2.06. The molecule has 0 unspecified atom stereocenters. The van der Waals surface area contributed by atoms with E-state index >= 15 is 0 Å². The van der Waals surface area contributed by atoms with Crippen LogP contribution < -0.4 is 11.5 Å². The van der Waals surface area contributed by atoms with E-state index in [0.29, 0.717) is 17.8 Å². The molecule has 0 aliphatic rings. The summed E-state index contributed by atoms with van der Waals surface area (Å²) in [5.74, 6) is -0.393. The maximum Gasteiger partial charge on any atom is 0.337 e. The Labute approximate surface area is 101 Å².